The number of amides is 2. The van der Waals surface area contributed by atoms with Crippen LogP contribution in [0.4, 0.5) is 5.69 Å². The third-order valence-electron chi connectivity index (χ3n) is 6.12. The van der Waals surface area contributed by atoms with Crippen molar-refractivity contribution in [2.45, 2.75) is 19.3 Å². The van der Waals surface area contributed by atoms with E-state index < -0.39 is 11.4 Å². The summed E-state index contributed by atoms with van der Waals surface area (Å²) in [5, 5.41) is 9.76. The summed E-state index contributed by atoms with van der Waals surface area (Å²) in [4.78, 5) is 40.8. The second kappa shape index (κ2) is 6.82. The molecule has 0 unspecified atom stereocenters. The molecule has 7 heteroatoms. The maximum absolute atomic E-state index is 13.2. The van der Waals surface area contributed by atoms with E-state index in [4.69, 9.17) is 4.42 Å². The van der Waals surface area contributed by atoms with E-state index in [2.05, 4.69) is 0 Å². The van der Waals surface area contributed by atoms with E-state index >= 15 is 0 Å². The average Bonchev–Trinajstić information content (AvgIpc) is 3.41. The molecule has 2 fully saturated rings. The molecule has 0 radical (unpaired) electrons. The Labute approximate surface area is 162 Å². The number of furan rings is 1. The van der Waals surface area contributed by atoms with Gasteiger partial charge in [0.2, 0.25) is 0 Å². The first kappa shape index (κ1) is 18.3. The van der Waals surface area contributed by atoms with Crippen LogP contribution in [-0.4, -0.2) is 47.9 Å². The lowest BCUT2D eigenvalue weighted by molar-refractivity contribution is -0.149. The topological polar surface area (TPSA) is 91.1 Å². The van der Waals surface area contributed by atoms with Gasteiger partial charge in [0, 0.05) is 20.1 Å². The lowest BCUT2D eigenvalue weighted by atomic mass is 9.81. The Hall–Kier alpha value is -3.09. The number of aliphatic carboxylic acids is 1. The maximum atomic E-state index is 13.2. The fraction of sp³-hybridized carbons (Fsp3) is 0.381. The molecule has 2 aliphatic rings. The van der Waals surface area contributed by atoms with Crippen molar-refractivity contribution in [3.63, 3.8) is 0 Å². The number of rotatable bonds is 4. The van der Waals surface area contributed by atoms with Crippen LogP contribution in [0.5, 0.6) is 0 Å². The zero-order chi connectivity index (χ0) is 19.9. The van der Waals surface area contributed by atoms with Gasteiger partial charge in [-0.15, -0.1) is 0 Å². The van der Waals surface area contributed by atoms with Gasteiger partial charge in [0.1, 0.15) is 0 Å². The van der Waals surface area contributed by atoms with Gasteiger partial charge >= 0.3 is 5.97 Å². The fourth-order valence-electron chi connectivity index (χ4n) is 4.59. The van der Waals surface area contributed by atoms with Gasteiger partial charge in [-0.25, -0.2) is 0 Å². The minimum absolute atomic E-state index is 0.0106. The highest BCUT2D eigenvalue weighted by Gasteiger charge is 2.56. The van der Waals surface area contributed by atoms with Crippen LogP contribution in [0.15, 0.2) is 47.1 Å². The Kier molecular flexibility index (Phi) is 4.45. The van der Waals surface area contributed by atoms with E-state index in [9.17, 15) is 19.5 Å². The number of hydrogen-bond donors (Lipinski definition) is 1. The molecule has 1 aliphatic carbocycles. The van der Waals surface area contributed by atoms with E-state index in [0.717, 1.165) is 12.8 Å². The Bertz CT molecular complexity index is 923. The summed E-state index contributed by atoms with van der Waals surface area (Å²) in [6.07, 6.45) is 3.74. The standard InChI is InChI=1S/C21H22N2O5/c1-22(19(25)17-9-5-11-28-17)16-8-3-2-7-15(16)18(24)23-12-14-6-4-10-21(14,13-23)20(26)27/h2-3,5,7-9,11,14H,4,6,10,12-13H2,1H3,(H,26,27)/t14-,21+/m0/s1. The molecule has 2 atom stereocenters. The molecule has 0 bridgehead atoms. The molecule has 1 N–H and O–H groups in total. The quantitative estimate of drug-likeness (QED) is 0.878. The highest BCUT2D eigenvalue weighted by molar-refractivity contribution is 6.09. The van der Waals surface area contributed by atoms with Crippen LogP contribution in [0.3, 0.4) is 0 Å². The number of nitrogens with zero attached hydrogens (tertiary/aromatic N) is 2. The van der Waals surface area contributed by atoms with Gasteiger partial charge in [-0.1, -0.05) is 18.6 Å². The summed E-state index contributed by atoms with van der Waals surface area (Å²) in [5.74, 6) is -1.24. The van der Waals surface area contributed by atoms with Crippen LogP contribution in [-0.2, 0) is 4.79 Å². The van der Waals surface area contributed by atoms with Crippen molar-refractivity contribution < 1.29 is 23.9 Å². The molecule has 1 aromatic heterocycles. The van der Waals surface area contributed by atoms with E-state index in [1.165, 1.54) is 11.2 Å². The number of benzene rings is 1. The molecule has 1 saturated carbocycles. The largest absolute Gasteiger partial charge is 0.481 e. The monoisotopic (exact) mass is 382 g/mol. The predicted octanol–water partition coefficient (Wildman–Crippen LogP) is 2.88. The number of para-hydroxylation sites is 1. The van der Waals surface area contributed by atoms with Crippen LogP contribution in [0.1, 0.15) is 40.2 Å². The fourth-order valence-corrected chi connectivity index (χ4v) is 4.59. The van der Waals surface area contributed by atoms with Crippen LogP contribution in [0, 0.1) is 11.3 Å². The molecule has 2 amide bonds. The molecular formula is C21H22N2O5. The van der Waals surface area contributed by atoms with Crippen molar-refractivity contribution in [3.8, 4) is 0 Å². The van der Waals surface area contributed by atoms with Gasteiger partial charge in [0.25, 0.3) is 11.8 Å². The number of carbonyl (C=O) groups is 3. The summed E-state index contributed by atoms with van der Waals surface area (Å²) in [6.45, 7) is 0.658. The van der Waals surface area contributed by atoms with Crippen molar-refractivity contribution in [1.29, 1.82) is 0 Å². The Morgan fingerprint density at radius 3 is 2.68 bits per heavy atom. The van der Waals surface area contributed by atoms with E-state index in [1.807, 2.05) is 0 Å². The van der Waals surface area contributed by atoms with E-state index in [1.54, 1.807) is 48.3 Å². The van der Waals surface area contributed by atoms with Crippen molar-refractivity contribution in [2.75, 3.05) is 25.0 Å². The molecule has 1 saturated heterocycles. The van der Waals surface area contributed by atoms with Gasteiger partial charge in [-0.2, -0.15) is 0 Å². The van der Waals surface area contributed by atoms with E-state index in [0.29, 0.717) is 24.2 Å². The molecular weight excluding hydrogens is 360 g/mol. The van der Waals surface area contributed by atoms with Crippen molar-refractivity contribution in [3.05, 3.63) is 54.0 Å². The highest BCUT2D eigenvalue weighted by atomic mass is 16.4. The zero-order valence-corrected chi connectivity index (χ0v) is 15.6. The van der Waals surface area contributed by atoms with Gasteiger partial charge in [0.15, 0.2) is 5.76 Å². The molecule has 1 aliphatic heterocycles. The maximum Gasteiger partial charge on any atom is 0.311 e. The summed E-state index contributed by atoms with van der Waals surface area (Å²) < 4.78 is 5.18. The lowest BCUT2D eigenvalue weighted by Gasteiger charge is -2.25. The summed E-state index contributed by atoms with van der Waals surface area (Å²) in [7, 11) is 1.59. The van der Waals surface area contributed by atoms with Crippen molar-refractivity contribution >= 4 is 23.5 Å². The first-order chi connectivity index (χ1) is 13.4. The number of hydrogen-bond acceptors (Lipinski definition) is 4. The Morgan fingerprint density at radius 2 is 2.00 bits per heavy atom. The first-order valence-electron chi connectivity index (χ1n) is 9.37. The second-order valence-electron chi connectivity index (χ2n) is 7.59. The van der Waals surface area contributed by atoms with Gasteiger partial charge < -0.3 is 19.3 Å². The third kappa shape index (κ3) is 2.78. The Balaban J connectivity index is 1.61. The van der Waals surface area contributed by atoms with E-state index in [-0.39, 0.29) is 30.0 Å². The molecule has 28 heavy (non-hydrogen) atoms. The second-order valence-corrected chi connectivity index (χ2v) is 7.59. The van der Waals surface area contributed by atoms with Crippen molar-refractivity contribution in [1.82, 2.24) is 4.90 Å². The van der Waals surface area contributed by atoms with Crippen LogP contribution >= 0.6 is 0 Å². The summed E-state index contributed by atoms with van der Waals surface area (Å²) in [5.41, 5.74) is 0.0151. The normalized spacial score (nSPS) is 23.5. The number of fused-ring (bicyclic) bond motifs is 1. The number of anilines is 1. The zero-order valence-electron chi connectivity index (χ0n) is 15.6. The van der Waals surface area contributed by atoms with Gasteiger partial charge in [-0.05, 0) is 43.0 Å². The number of likely N-dealkylation sites (tertiary alicyclic amines) is 1. The predicted molar refractivity (Wildman–Crippen MR) is 101 cm³/mol. The first-order valence-corrected chi connectivity index (χ1v) is 9.37. The van der Waals surface area contributed by atoms with Crippen molar-refractivity contribution in [2.24, 2.45) is 11.3 Å². The SMILES string of the molecule is CN(C(=O)c1ccco1)c1ccccc1C(=O)N1C[C@@H]2CCC[C@@]2(C(=O)O)C1. The number of carboxylic acids is 1. The average molecular weight is 382 g/mol. The minimum Gasteiger partial charge on any atom is -0.481 e. The highest BCUT2D eigenvalue weighted by Crippen LogP contribution is 2.49. The Morgan fingerprint density at radius 1 is 1.21 bits per heavy atom. The number of carboxylic acid groups (broad SMARTS) is 1. The molecule has 4 rings (SSSR count). The van der Waals surface area contributed by atoms with Crippen LogP contribution in [0.2, 0.25) is 0 Å². The van der Waals surface area contributed by atoms with Crippen LogP contribution in [0.25, 0.3) is 0 Å². The molecule has 2 heterocycles. The molecule has 2 aromatic rings. The third-order valence-corrected chi connectivity index (χ3v) is 6.12. The minimum atomic E-state index is -0.833. The smallest absolute Gasteiger partial charge is 0.311 e. The van der Waals surface area contributed by atoms with Gasteiger partial charge in [-0.3, -0.25) is 14.4 Å². The van der Waals surface area contributed by atoms with Crippen LogP contribution < -0.4 is 4.90 Å². The van der Waals surface area contributed by atoms with Gasteiger partial charge in [0.05, 0.1) is 22.9 Å². The molecule has 146 valence electrons. The number of carbonyl (C=O) groups excluding carboxylic acids is 2. The lowest BCUT2D eigenvalue weighted by Crippen LogP contribution is -2.37. The summed E-state index contributed by atoms with van der Waals surface area (Å²) >= 11 is 0. The molecule has 0 spiro atoms. The summed E-state index contributed by atoms with van der Waals surface area (Å²) in [6, 6.07) is 10.1. The molecule has 1 aromatic carbocycles. The molecule has 7 nitrogen and oxygen atoms in total.